The number of nitrogens with zero attached hydrogens (tertiary/aromatic N) is 2. The van der Waals surface area contributed by atoms with E-state index in [1.165, 1.54) is 0 Å². The van der Waals surface area contributed by atoms with E-state index in [1.807, 2.05) is 18.2 Å². The van der Waals surface area contributed by atoms with Crippen LogP contribution in [-0.4, -0.2) is 39.2 Å². The topological polar surface area (TPSA) is 157 Å². The van der Waals surface area contributed by atoms with Crippen LogP contribution in [0, 0.1) is 11.3 Å². The number of hydrogen-bond donors (Lipinski definition) is 5. The first-order valence-corrected chi connectivity index (χ1v) is 7.07. The highest BCUT2D eigenvalue weighted by Gasteiger charge is 2.25. The van der Waals surface area contributed by atoms with Crippen molar-refractivity contribution in [3.63, 3.8) is 0 Å². The van der Waals surface area contributed by atoms with Crippen molar-refractivity contribution in [2.24, 2.45) is 0 Å². The fraction of sp³-hybridized carbons (Fsp3) is 0.267. The van der Waals surface area contributed by atoms with Crippen molar-refractivity contribution >= 4 is 11.9 Å². The third-order valence-electron chi connectivity index (χ3n) is 3.26. The lowest BCUT2D eigenvalue weighted by Gasteiger charge is -2.17. The van der Waals surface area contributed by atoms with Gasteiger partial charge in [-0.1, -0.05) is 30.3 Å². The zero-order chi connectivity index (χ0) is 17.5. The van der Waals surface area contributed by atoms with Crippen molar-refractivity contribution in [2.45, 2.75) is 18.8 Å². The molecule has 1 amide bonds. The molecule has 0 fully saturated rings. The molecular formula is C15H17N5O4. The molecule has 24 heavy (non-hydrogen) atoms. The van der Waals surface area contributed by atoms with Gasteiger partial charge in [0.2, 0.25) is 0 Å². The van der Waals surface area contributed by atoms with E-state index in [2.05, 4.69) is 15.5 Å². The summed E-state index contributed by atoms with van der Waals surface area (Å²) >= 11 is 0. The van der Waals surface area contributed by atoms with E-state index in [-0.39, 0.29) is 30.2 Å². The lowest BCUT2D eigenvalue weighted by molar-refractivity contribution is 0.0157. The first kappa shape index (κ1) is 17.3. The summed E-state index contributed by atoms with van der Waals surface area (Å²) < 4.78 is 4.98. The summed E-state index contributed by atoms with van der Waals surface area (Å²) in [7, 11) is 0. The number of benzene rings is 1. The van der Waals surface area contributed by atoms with E-state index in [1.54, 1.807) is 18.2 Å². The van der Waals surface area contributed by atoms with Crippen molar-refractivity contribution in [3.8, 4) is 6.07 Å². The van der Waals surface area contributed by atoms with Gasteiger partial charge >= 0.3 is 6.09 Å². The van der Waals surface area contributed by atoms with E-state index in [0.717, 1.165) is 5.56 Å². The predicted molar refractivity (Wildman–Crippen MR) is 83.3 cm³/mol. The molecule has 126 valence electrons. The molecule has 1 heterocycles. The number of ether oxygens (including phenoxy) is 1. The summed E-state index contributed by atoms with van der Waals surface area (Å²) in [4.78, 5) is 11.6. The Kier molecular flexibility index (Phi) is 5.73. The highest BCUT2D eigenvalue weighted by molar-refractivity contribution is 5.67. The number of carbonyl (C=O) groups excluding carboxylic acids is 1. The molecule has 0 saturated carbocycles. The van der Waals surface area contributed by atoms with Crippen LogP contribution < -0.4 is 11.1 Å². The summed E-state index contributed by atoms with van der Waals surface area (Å²) in [6.07, 6.45) is -3.57. The molecule has 1 aromatic carbocycles. The average Bonchev–Trinajstić information content (AvgIpc) is 2.98. The van der Waals surface area contributed by atoms with Gasteiger partial charge in [-0.05, 0) is 5.56 Å². The molecule has 2 unspecified atom stereocenters. The van der Waals surface area contributed by atoms with Gasteiger partial charge in [0.15, 0.2) is 5.82 Å². The highest BCUT2D eigenvalue weighted by Crippen LogP contribution is 2.21. The van der Waals surface area contributed by atoms with E-state index in [9.17, 15) is 15.0 Å². The highest BCUT2D eigenvalue weighted by atomic mass is 16.5. The number of H-pyrrole nitrogens is 1. The van der Waals surface area contributed by atoms with Crippen LogP contribution in [0.1, 0.15) is 22.9 Å². The van der Waals surface area contributed by atoms with Crippen molar-refractivity contribution in [1.29, 1.82) is 5.26 Å². The van der Waals surface area contributed by atoms with Gasteiger partial charge in [0, 0.05) is 6.54 Å². The third-order valence-corrected chi connectivity index (χ3v) is 3.26. The first-order chi connectivity index (χ1) is 11.5. The van der Waals surface area contributed by atoms with Gasteiger partial charge in [-0.3, -0.25) is 5.10 Å². The number of aliphatic hydroxyl groups excluding tert-OH is 2. The second-order valence-corrected chi connectivity index (χ2v) is 4.96. The number of aliphatic hydroxyl groups is 2. The zero-order valence-corrected chi connectivity index (χ0v) is 12.6. The molecular weight excluding hydrogens is 314 g/mol. The molecule has 2 atom stereocenters. The number of nitrogens with one attached hydrogen (secondary N) is 2. The van der Waals surface area contributed by atoms with E-state index >= 15 is 0 Å². The van der Waals surface area contributed by atoms with Gasteiger partial charge in [0.1, 0.15) is 30.4 Å². The standard InChI is InChI=1S/C15H17N5O4/c16-6-10-12(19-20-14(10)17)13(22)11(21)7-18-15(23)24-8-9-4-2-1-3-5-9/h1-5,11,13,21-22H,7-8H2,(H,18,23)(H3,17,19,20). The molecule has 0 radical (unpaired) electrons. The number of nitrogens with two attached hydrogens (primary N) is 1. The Labute approximate surface area is 137 Å². The fourth-order valence-corrected chi connectivity index (χ4v) is 1.97. The maximum Gasteiger partial charge on any atom is 0.407 e. The summed E-state index contributed by atoms with van der Waals surface area (Å²) in [5.74, 6) is -0.0750. The fourth-order valence-electron chi connectivity index (χ4n) is 1.97. The predicted octanol–water partition coefficient (Wildman–Crippen LogP) is 0.184. The Morgan fingerprint density at radius 3 is 2.79 bits per heavy atom. The second-order valence-electron chi connectivity index (χ2n) is 4.96. The molecule has 0 aliphatic carbocycles. The molecule has 0 bridgehead atoms. The second kappa shape index (κ2) is 7.96. The summed E-state index contributed by atoms with van der Waals surface area (Å²) in [5.41, 5.74) is 6.22. The zero-order valence-electron chi connectivity index (χ0n) is 12.6. The van der Waals surface area contributed by atoms with Crippen LogP contribution in [0.3, 0.4) is 0 Å². The molecule has 0 saturated heterocycles. The number of alkyl carbamates (subject to hydrolysis) is 1. The molecule has 2 rings (SSSR count). The lowest BCUT2D eigenvalue weighted by Crippen LogP contribution is -2.36. The third kappa shape index (κ3) is 4.22. The number of carbonyl (C=O) groups is 1. The van der Waals surface area contributed by atoms with Crippen molar-refractivity contribution < 1.29 is 19.7 Å². The lowest BCUT2D eigenvalue weighted by atomic mass is 10.1. The molecule has 9 nitrogen and oxygen atoms in total. The molecule has 0 spiro atoms. The minimum absolute atomic E-state index is 0.0121. The maximum absolute atomic E-state index is 11.6. The van der Waals surface area contributed by atoms with Crippen LogP contribution in [0.5, 0.6) is 0 Å². The molecule has 9 heteroatoms. The van der Waals surface area contributed by atoms with Gasteiger partial charge in [-0.25, -0.2) is 4.79 Å². The quantitative estimate of drug-likeness (QED) is 0.505. The van der Waals surface area contributed by atoms with Gasteiger partial charge in [0.05, 0.1) is 5.69 Å². The maximum atomic E-state index is 11.6. The minimum atomic E-state index is -1.46. The normalized spacial score (nSPS) is 12.9. The molecule has 6 N–H and O–H groups in total. The molecule has 0 aliphatic heterocycles. The van der Waals surface area contributed by atoms with Crippen LogP contribution in [0.4, 0.5) is 10.6 Å². The first-order valence-electron chi connectivity index (χ1n) is 7.07. The van der Waals surface area contributed by atoms with Crippen LogP contribution in [0.25, 0.3) is 0 Å². The molecule has 2 aromatic rings. The largest absolute Gasteiger partial charge is 0.445 e. The molecule has 0 aliphatic rings. The Balaban J connectivity index is 1.82. The number of amides is 1. The van der Waals surface area contributed by atoms with Crippen LogP contribution in [-0.2, 0) is 11.3 Å². The van der Waals surface area contributed by atoms with Crippen molar-refractivity contribution in [3.05, 3.63) is 47.2 Å². The van der Waals surface area contributed by atoms with Crippen LogP contribution >= 0.6 is 0 Å². The number of rotatable bonds is 6. The summed E-state index contributed by atoms with van der Waals surface area (Å²) in [6, 6.07) is 10.9. The van der Waals surface area contributed by atoms with Gasteiger partial charge in [-0.15, -0.1) is 0 Å². The number of nitriles is 1. The smallest absolute Gasteiger partial charge is 0.407 e. The summed E-state index contributed by atoms with van der Waals surface area (Å²) in [5, 5.41) is 37.2. The number of anilines is 1. The van der Waals surface area contributed by atoms with Gasteiger partial charge in [-0.2, -0.15) is 10.4 Å². The monoisotopic (exact) mass is 331 g/mol. The Bertz CT molecular complexity index is 725. The number of hydrogen-bond acceptors (Lipinski definition) is 7. The average molecular weight is 331 g/mol. The number of aromatic amines is 1. The van der Waals surface area contributed by atoms with Gasteiger partial charge in [0.25, 0.3) is 0 Å². The Hall–Kier alpha value is -3.09. The van der Waals surface area contributed by atoms with E-state index in [4.69, 9.17) is 15.7 Å². The minimum Gasteiger partial charge on any atom is -0.445 e. The van der Waals surface area contributed by atoms with Crippen molar-refractivity contribution in [1.82, 2.24) is 15.5 Å². The summed E-state index contributed by atoms with van der Waals surface area (Å²) in [6.45, 7) is -0.195. The van der Waals surface area contributed by atoms with Crippen molar-refractivity contribution in [2.75, 3.05) is 12.3 Å². The molecule has 1 aromatic heterocycles. The SMILES string of the molecule is N#Cc1c(N)n[nH]c1C(O)C(O)CNC(=O)OCc1ccccc1. The van der Waals surface area contributed by atoms with E-state index in [0.29, 0.717) is 0 Å². The van der Waals surface area contributed by atoms with Gasteiger partial charge < -0.3 is 26.0 Å². The van der Waals surface area contributed by atoms with Crippen LogP contribution in [0.15, 0.2) is 30.3 Å². The Morgan fingerprint density at radius 2 is 2.12 bits per heavy atom. The number of aromatic nitrogens is 2. The number of nitrogen functional groups attached to an aromatic ring is 1. The van der Waals surface area contributed by atoms with E-state index < -0.39 is 18.3 Å². The Morgan fingerprint density at radius 1 is 1.42 bits per heavy atom. The van der Waals surface area contributed by atoms with Crippen LogP contribution in [0.2, 0.25) is 0 Å².